The lowest BCUT2D eigenvalue weighted by molar-refractivity contribution is -0.387. The summed E-state index contributed by atoms with van der Waals surface area (Å²) in [5, 5.41) is 14.4. The van der Waals surface area contributed by atoms with Crippen LogP contribution in [0.1, 0.15) is 6.42 Å². The second-order valence-electron chi connectivity index (χ2n) is 5.21. The van der Waals surface area contributed by atoms with Crippen LogP contribution in [0.15, 0.2) is 23.1 Å². The van der Waals surface area contributed by atoms with Crippen LogP contribution in [-0.2, 0) is 10.0 Å². The molecule has 0 bridgehead atoms. The Hall–Kier alpha value is -1.26. The average Bonchev–Trinajstić information content (AvgIpc) is 2.52. The maximum Gasteiger partial charge on any atom is 0.289 e. The molecular formula is C13H19ClN4O4S. The molecule has 8 nitrogen and oxygen atoms in total. The number of rotatable bonds is 7. The zero-order valence-electron chi connectivity index (χ0n) is 12.5. The van der Waals surface area contributed by atoms with E-state index in [1.54, 1.807) is 0 Å². The summed E-state index contributed by atoms with van der Waals surface area (Å²) in [4.78, 5) is 12.1. The first-order valence-electron chi connectivity index (χ1n) is 7.27. The zero-order chi connectivity index (χ0) is 16.9. The Morgan fingerprint density at radius 2 is 2.04 bits per heavy atom. The largest absolute Gasteiger partial charge is 0.314 e. The molecule has 0 radical (unpaired) electrons. The first-order valence-corrected chi connectivity index (χ1v) is 9.13. The summed E-state index contributed by atoms with van der Waals surface area (Å²) in [6.45, 7) is 4.73. The zero-order valence-corrected chi connectivity index (χ0v) is 14.1. The maximum absolute atomic E-state index is 12.3. The molecule has 2 rings (SSSR count). The number of sulfonamides is 1. The van der Waals surface area contributed by atoms with Crippen molar-refractivity contribution in [1.82, 2.24) is 14.9 Å². The molecule has 0 aromatic heterocycles. The highest BCUT2D eigenvalue weighted by molar-refractivity contribution is 7.89. The van der Waals surface area contributed by atoms with Crippen molar-refractivity contribution in [3.05, 3.63) is 33.3 Å². The van der Waals surface area contributed by atoms with Gasteiger partial charge in [0.15, 0.2) is 4.90 Å². The molecule has 2 N–H and O–H groups in total. The van der Waals surface area contributed by atoms with Crippen LogP contribution in [0.25, 0.3) is 0 Å². The number of nitrogens with zero attached hydrogens (tertiary/aromatic N) is 2. The summed E-state index contributed by atoms with van der Waals surface area (Å²) >= 11 is 5.76. The minimum absolute atomic E-state index is 0.136. The molecule has 1 fully saturated rings. The van der Waals surface area contributed by atoms with E-state index in [2.05, 4.69) is 14.9 Å². The molecule has 1 saturated heterocycles. The molecular weight excluding hydrogens is 344 g/mol. The highest BCUT2D eigenvalue weighted by Crippen LogP contribution is 2.26. The van der Waals surface area contributed by atoms with E-state index in [0.717, 1.165) is 44.9 Å². The van der Waals surface area contributed by atoms with Crippen LogP contribution in [0.5, 0.6) is 0 Å². The number of hydrogen-bond donors (Lipinski definition) is 2. The van der Waals surface area contributed by atoms with Crippen LogP contribution in [0, 0.1) is 10.1 Å². The topological polar surface area (TPSA) is 105 Å². The van der Waals surface area contributed by atoms with Gasteiger partial charge in [0, 0.05) is 43.8 Å². The van der Waals surface area contributed by atoms with Gasteiger partial charge in [0.1, 0.15) is 0 Å². The fraction of sp³-hybridized carbons (Fsp3) is 0.538. The van der Waals surface area contributed by atoms with Crippen molar-refractivity contribution in [3.8, 4) is 0 Å². The second kappa shape index (κ2) is 8.02. The molecule has 0 aliphatic carbocycles. The van der Waals surface area contributed by atoms with E-state index in [-0.39, 0.29) is 11.6 Å². The number of nitrogens with one attached hydrogen (secondary N) is 2. The Morgan fingerprint density at radius 1 is 1.35 bits per heavy atom. The molecule has 1 heterocycles. The number of benzene rings is 1. The SMILES string of the molecule is O=[N+]([O-])c1ccc(Cl)cc1S(=O)(=O)NCCCN1CCNCC1. The molecule has 0 unspecified atom stereocenters. The Labute approximate surface area is 140 Å². The van der Waals surface area contributed by atoms with Gasteiger partial charge in [-0.3, -0.25) is 10.1 Å². The van der Waals surface area contributed by atoms with E-state index in [1.807, 2.05) is 0 Å². The smallest absolute Gasteiger partial charge is 0.289 e. The number of nitro groups is 1. The summed E-state index contributed by atoms with van der Waals surface area (Å²) < 4.78 is 26.9. The van der Waals surface area contributed by atoms with Crippen LogP contribution in [-0.4, -0.2) is 57.5 Å². The Balaban J connectivity index is 1.96. The fourth-order valence-corrected chi connectivity index (χ4v) is 3.88. The lowest BCUT2D eigenvalue weighted by Gasteiger charge is -2.27. The van der Waals surface area contributed by atoms with Crippen LogP contribution in [0.4, 0.5) is 5.69 Å². The van der Waals surface area contributed by atoms with E-state index in [9.17, 15) is 18.5 Å². The first-order chi connectivity index (χ1) is 10.9. The Bertz CT molecular complexity index is 662. The maximum atomic E-state index is 12.3. The number of nitro benzene ring substituents is 1. The molecule has 23 heavy (non-hydrogen) atoms. The fourth-order valence-electron chi connectivity index (χ4n) is 2.38. The summed E-state index contributed by atoms with van der Waals surface area (Å²) in [6, 6.07) is 3.49. The lowest BCUT2D eigenvalue weighted by atomic mass is 10.3. The molecule has 0 amide bonds. The van der Waals surface area contributed by atoms with Gasteiger partial charge in [-0.15, -0.1) is 0 Å². The van der Waals surface area contributed by atoms with Crippen LogP contribution in [0.2, 0.25) is 5.02 Å². The normalized spacial score (nSPS) is 16.4. The molecule has 1 aromatic rings. The summed E-state index contributed by atoms with van der Waals surface area (Å²) in [5.41, 5.74) is -0.482. The predicted octanol–water partition coefficient (Wildman–Crippen LogP) is 0.822. The highest BCUT2D eigenvalue weighted by Gasteiger charge is 2.25. The van der Waals surface area contributed by atoms with Gasteiger partial charge in [-0.1, -0.05) is 11.6 Å². The molecule has 0 saturated carbocycles. The third kappa shape index (κ3) is 5.11. The van der Waals surface area contributed by atoms with Crippen molar-refractivity contribution < 1.29 is 13.3 Å². The van der Waals surface area contributed by atoms with Gasteiger partial charge in [0.05, 0.1) is 4.92 Å². The third-order valence-electron chi connectivity index (χ3n) is 3.56. The average molecular weight is 363 g/mol. The van der Waals surface area contributed by atoms with E-state index in [1.165, 1.54) is 6.07 Å². The van der Waals surface area contributed by atoms with Crippen molar-refractivity contribution in [2.45, 2.75) is 11.3 Å². The van der Waals surface area contributed by atoms with Crippen molar-refractivity contribution >= 4 is 27.3 Å². The molecule has 1 aliphatic heterocycles. The number of halogens is 1. The summed E-state index contributed by atoms with van der Waals surface area (Å²) in [6.07, 6.45) is 0.633. The van der Waals surface area contributed by atoms with Crippen molar-refractivity contribution in [3.63, 3.8) is 0 Å². The van der Waals surface area contributed by atoms with Gasteiger partial charge in [0.2, 0.25) is 10.0 Å². The van der Waals surface area contributed by atoms with Gasteiger partial charge in [-0.05, 0) is 25.1 Å². The van der Waals surface area contributed by atoms with E-state index < -0.39 is 25.5 Å². The molecule has 1 aliphatic rings. The van der Waals surface area contributed by atoms with Gasteiger partial charge in [-0.25, -0.2) is 13.1 Å². The Morgan fingerprint density at radius 3 is 2.70 bits per heavy atom. The van der Waals surface area contributed by atoms with Crippen molar-refractivity contribution in [2.75, 3.05) is 39.3 Å². The summed E-state index contributed by atoms with van der Waals surface area (Å²) in [5.74, 6) is 0. The minimum Gasteiger partial charge on any atom is -0.314 e. The monoisotopic (exact) mass is 362 g/mol. The Kier molecular flexibility index (Phi) is 6.31. The van der Waals surface area contributed by atoms with Crippen molar-refractivity contribution in [2.24, 2.45) is 0 Å². The first kappa shape index (κ1) is 18.1. The number of piperazine rings is 1. The van der Waals surface area contributed by atoms with Gasteiger partial charge >= 0.3 is 0 Å². The van der Waals surface area contributed by atoms with Gasteiger partial charge < -0.3 is 10.2 Å². The van der Waals surface area contributed by atoms with Crippen LogP contribution < -0.4 is 10.0 Å². The van der Waals surface area contributed by atoms with Gasteiger partial charge in [-0.2, -0.15) is 0 Å². The quantitative estimate of drug-likeness (QED) is 0.423. The lowest BCUT2D eigenvalue weighted by Crippen LogP contribution is -2.44. The third-order valence-corrected chi connectivity index (χ3v) is 5.29. The molecule has 128 valence electrons. The summed E-state index contributed by atoms with van der Waals surface area (Å²) in [7, 11) is -3.97. The highest BCUT2D eigenvalue weighted by atomic mass is 35.5. The molecule has 0 spiro atoms. The molecule has 10 heteroatoms. The van der Waals surface area contributed by atoms with Crippen molar-refractivity contribution in [1.29, 1.82) is 0 Å². The number of hydrogen-bond acceptors (Lipinski definition) is 6. The molecule has 1 aromatic carbocycles. The van der Waals surface area contributed by atoms with Crippen LogP contribution in [0.3, 0.4) is 0 Å². The van der Waals surface area contributed by atoms with E-state index in [4.69, 9.17) is 11.6 Å². The molecule has 0 atom stereocenters. The van der Waals surface area contributed by atoms with Crippen LogP contribution >= 0.6 is 11.6 Å². The second-order valence-corrected chi connectivity index (χ2v) is 7.38. The van der Waals surface area contributed by atoms with Gasteiger partial charge in [0.25, 0.3) is 5.69 Å². The minimum atomic E-state index is -3.97. The van der Waals surface area contributed by atoms with E-state index >= 15 is 0 Å². The van der Waals surface area contributed by atoms with E-state index in [0.29, 0.717) is 6.42 Å². The predicted molar refractivity (Wildman–Crippen MR) is 87.2 cm³/mol. The standard InChI is InChI=1S/C13H19ClN4O4S/c14-11-2-3-12(18(19)20)13(10-11)23(21,22)16-4-1-7-17-8-5-15-6-9-17/h2-3,10,15-16H,1,4-9H2.